The van der Waals surface area contributed by atoms with Crippen LogP contribution in [0.3, 0.4) is 0 Å². The molecule has 0 spiro atoms. The molecule has 2 aromatic heterocycles. The molecule has 8 nitrogen and oxygen atoms in total. The average Bonchev–Trinajstić information content (AvgIpc) is 3.40. The van der Waals surface area contributed by atoms with Crippen LogP contribution in [0.25, 0.3) is 10.9 Å². The molecule has 1 N–H and O–H groups in total. The maximum absolute atomic E-state index is 13.8. The van der Waals surface area contributed by atoms with Crippen molar-refractivity contribution in [1.29, 1.82) is 0 Å². The van der Waals surface area contributed by atoms with Gasteiger partial charge in [-0.05, 0) is 64.7 Å². The first-order valence-electron chi connectivity index (χ1n) is 12.8. The highest BCUT2D eigenvalue weighted by Gasteiger charge is 2.31. The maximum Gasteiger partial charge on any atom is 0.253 e. The van der Waals surface area contributed by atoms with Gasteiger partial charge in [0.15, 0.2) is 5.82 Å². The minimum atomic E-state index is -0.541. The number of methoxy groups -OCH3 is 1. The Morgan fingerprint density at radius 2 is 1.67 bits per heavy atom. The van der Waals surface area contributed by atoms with Crippen molar-refractivity contribution in [3.05, 3.63) is 122 Å². The van der Waals surface area contributed by atoms with Gasteiger partial charge >= 0.3 is 0 Å². The van der Waals surface area contributed by atoms with Gasteiger partial charge in [0.1, 0.15) is 6.04 Å². The van der Waals surface area contributed by atoms with Crippen LogP contribution in [0.15, 0.2) is 77.6 Å². The zero-order valence-corrected chi connectivity index (χ0v) is 23.0. The molecule has 200 valence electrons. The number of hydrogen-bond donors (Lipinski definition) is 1. The Labute approximate surface area is 232 Å². The molecule has 0 fully saturated rings. The summed E-state index contributed by atoms with van der Waals surface area (Å²) in [5.41, 5.74) is 5.51. The molecule has 0 saturated heterocycles. The smallest absolute Gasteiger partial charge is 0.253 e. The number of H-pyrrole nitrogens is 1. The van der Waals surface area contributed by atoms with Crippen LogP contribution in [0.5, 0.6) is 0 Å². The summed E-state index contributed by atoms with van der Waals surface area (Å²) in [4.78, 5) is 19.2. The predicted molar refractivity (Wildman–Crippen MR) is 153 cm³/mol. The lowest BCUT2D eigenvalue weighted by Gasteiger charge is -2.31. The monoisotopic (exact) mass is 542 g/mol. The number of tetrazole rings is 1. The second kappa shape index (κ2) is 11.9. The van der Waals surface area contributed by atoms with Crippen LogP contribution in [0.2, 0.25) is 5.02 Å². The lowest BCUT2D eigenvalue weighted by atomic mass is 9.98. The summed E-state index contributed by atoms with van der Waals surface area (Å²) in [7, 11) is 1.64. The van der Waals surface area contributed by atoms with Crippen molar-refractivity contribution in [3.63, 3.8) is 0 Å². The highest BCUT2D eigenvalue weighted by molar-refractivity contribution is 6.30. The summed E-state index contributed by atoms with van der Waals surface area (Å²) >= 11 is 6.19. The molecule has 0 bridgehead atoms. The lowest BCUT2D eigenvalue weighted by molar-refractivity contribution is 0.169. The molecule has 5 aromatic rings. The molecular formula is C30H31ClN6O2. The third-order valence-corrected chi connectivity index (χ3v) is 7.22. The van der Waals surface area contributed by atoms with Crippen LogP contribution in [-0.2, 0) is 24.4 Å². The molecule has 0 saturated carbocycles. The van der Waals surface area contributed by atoms with Crippen LogP contribution in [0, 0.1) is 13.8 Å². The highest BCUT2D eigenvalue weighted by atomic mass is 35.5. The molecule has 0 aliphatic heterocycles. The fourth-order valence-corrected chi connectivity index (χ4v) is 5.04. The third-order valence-electron chi connectivity index (χ3n) is 6.97. The van der Waals surface area contributed by atoms with Gasteiger partial charge < -0.3 is 9.72 Å². The molecule has 3 aromatic carbocycles. The maximum atomic E-state index is 13.8. The number of nitrogens with zero attached hydrogens (tertiary/aromatic N) is 5. The van der Waals surface area contributed by atoms with Crippen LogP contribution in [0.1, 0.15) is 39.7 Å². The second-order valence-electron chi connectivity index (χ2n) is 9.71. The lowest BCUT2D eigenvalue weighted by Crippen LogP contribution is -2.35. The van der Waals surface area contributed by atoms with Crippen molar-refractivity contribution in [2.75, 3.05) is 13.7 Å². The zero-order chi connectivity index (χ0) is 27.4. The second-order valence-corrected chi connectivity index (χ2v) is 10.2. The molecule has 39 heavy (non-hydrogen) atoms. The Kier molecular flexibility index (Phi) is 8.16. The molecule has 0 unspecified atom stereocenters. The molecule has 0 aliphatic rings. The van der Waals surface area contributed by atoms with Crippen molar-refractivity contribution < 1.29 is 4.74 Å². The first kappa shape index (κ1) is 26.7. The Bertz CT molecular complexity index is 1610. The number of halogens is 1. The molecule has 0 amide bonds. The van der Waals surface area contributed by atoms with Crippen molar-refractivity contribution >= 4 is 22.5 Å². The molecular weight excluding hydrogens is 512 g/mol. The number of ether oxygens (including phenoxy) is 1. The summed E-state index contributed by atoms with van der Waals surface area (Å²) in [5.74, 6) is 0.576. The number of benzene rings is 3. The highest BCUT2D eigenvalue weighted by Crippen LogP contribution is 2.31. The van der Waals surface area contributed by atoms with Crippen LogP contribution >= 0.6 is 11.6 Å². The molecule has 0 aliphatic carbocycles. The number of nitrogens with one attached hydrogen (secondary N) is 1. The summed E-state index contributed by atoms with van der Waals surface area (Å²) < 4.78 is 7.04. The van der Waals surface area contributed by atoms with E-state index >= 15 is 0 Å². The minimum Gasteiger partial charge on any atom is -0.383 e. The zero-order valence-electron chi connectivity index (χ0n) is 22.3. The quantitative estimate of drug-likeness (QED) is 0.260. The fourth-order valence-electron chi connectivity index (χ4n) is 4.92. The van der Waals surface area contributed by atoms with Gasteiger partial charge in [-0.25, -0.2) is 4.68 Å². The number of aryl methyl sites for hydroxylation is 2. The van der Waals surface area contributed by atoms with E-state index in [1.54, 1.807) is 11.8 Å². The fraction of sp³-hybridized carbons (Fsp3) is 0.267. The van der Waals surface area contributed by atoms with E-state index < -0.39 is 6.04 Å². The Morgan fingerprint density at radius 3 is 2.38 bits per heavy atom. The minimum absolute atomic E-state index is 0.170. The van der Waals surface area contributed by atoms with E-state index in [0.29, 0.717) is 42.7 Å². The Hall–Kier alpha value is -3.85. The molecule has 1 atom stereocenters. The normalized spacial score (nSPS) is 12.3. The van der Waals surface area contributed by atoms with Crippen LogP contribution < -0.4 is 5.56 Å². The molecule has 2 heterocycles. The number of hydrogen-bond acceptors (Lipinski definition) is 6. The van der Waals surface area contributed by atoms with E-state index in [1.165, 1.54) is 0 Å². The van der Waals surface area contributed by atoms with E-state index in [9.17, 15) is 4.79 Å². The molecule has 5 rings (SSSR count). The van der Waals surface area contributed by atoms with Crippen molar-refractivity contribution in [3.8, 4) is 0 Å². The van der Waals surface area contributed by atoms with E-state index in [4.69, 9.17) is 16.3 Å². The topological polar surface area (TPSA) is 88.9 Å². The van der Waals surface area contributed by atoms with Crippen LogP contribution in [-0.4, -0.2) is 43.8 Å². The van der Waals surface area contributed by atoms with Gasteiger partial charge in [0, 0.05) is 36.2 Å². The standard InChI is InChI=1S/C30H31ClN6O2/c1-20-9-10-21(2)27-25(20)17-26(30(38)32-27)28(29-33-34-35-37(29)15-16-39-3)36(18-22-7-5-4-6-8-22)19-23-11-13-24(31)14-12-23/h4-14,17,28H,15-16,18-19H2,1-3H3,(H,32,38)/t28-/m1/s1. The van der Waals surface area contributed by atoms with Crippen molar-refractivity contribution in [2.24, 2.45) is 0 Å². The number of fused-ring (bicyclic) bond motifs is 1. The van der Waals surface area contributed by atoms with Gasteiger partial charge in [0.2, 0.25) is 0 Å². The van der Waals surface area contributed by atoms with Gasteiger partial charge in [-0.2, -0.15) is 0 Å². The summed E-state index contributed by atoms with van der Waals surface area (Å²) in [6.45, 7) is 6.05. The largest absolute Gasteiger partial charge is 0.383 e. The average molecular weight is 543 g/mol. The number of pyridine rings is 1. The Morgan fingerprint density at radius 1 is 0.974 bits per heavy atom. The third kappa shape index (κ3) is 5.93. The van der Waals surface area contributed by atoms with E-state index in [0.717, 1.165) is 33.2 Å². The van der Waals surface area contributed by atoms with Gasteiger partial charge in [0.05, 0.1) is 18.7 Å². The van der Waals surface area contributed by atoms with Crippen LogP contribution in [0.4, 0.5) is 0 Å². The summed E-state index contributed by atoms with van der Waals surface area (Å²) in [6.07, 6.45) is 0. The predicted octanol–water partition coefficient (Wildman–Crippen LogP) is 5.22. The summed E-state index contributed by atoms with van der Waals surface area (Å²) in [6, 6.07) is 23.5. The number of aromatic amines is 1. The van der Waals surface area contributed by atoms with Gasteiger partial charge in [0.25, 0.3) is 5.56 Å². The Balaban J connectivity index is 1.71. The first-order valence-corrected chi connectivity index (χ1v) is 13.2. The van der Waals surface area contributed by atoms with Gasteiger partial charge in [-0.15, -0.1) is 5.10 Å². The number of aromatic nitrogens is 5. The molecule has 0 radical (unpaired) electrons. The summed E-state index contributed by atoms with van der Waals surface area (Å²) in [5, 5.41) is 14.4. The van der Waals surface area contributed by atoms with Gasteiger partial charge in [-0.3, -0.25) is 9.69 Å². The van der Waals surface area contributed by atoms with E-state index in [2.05, 4.69) is 50.5 Å². The van der Waals surface area contributed by atoms with E-state index in [-0.39, 0.29) is 5.56 Å². The molecule has 9 heteroatoms. The first-order chi connectivity index (χ1) is 18.9. The van der Waals surface area contributed by atoms with Gasteiger partial charge in [-0.1, -0.05) is 66.2 Å². The number of rotatable bonds is 10. The van der Waals surface area contributed by atoms with E-state index in [1.807, 2.05) is 61.5 Å². The van der Waals surface area contributed by atoms with Crippen molar-refractivity contribution in [2.45, 2.75) is 39.5 Å². The van der Waals surface area contributed by atoms with Crippen molar-refractivity contribution in [1.82, 2.24) is 30.1 Å². The SMILES string of the molecule is COCCn1nnnc1[C@@H](c1cc2c(C)ccc(C)c2[nH]c1=O)N(Cc1ccccc1)Cc1ccc(Cl)cc1.